The van der Waals surface area contributed by atoms with E-state index in [0.717, 1.165) is 5.56 Å². The van der Waals surface area contributed by atoms with Gasteiger partial charge in [0.25, 0.3) is 0 Å². The zero-order chi connectivity index (χ0) is 13.0. The van der Waals surface area contributed by atoms with E-state index in [4.69, 9.17) is 10.00 Å². The van der Waals surface area contributed by atoms with Gasteiger partial charge in [-0.3, -0.25) is 0 Å². The number of aromatic nitrogens is 2. The number of halogens is 2. The van der Waals surface area contributed by atoms with Crippen molar-refractivity contribution in [2.24, 2.45) is 0 Å². The Morgan fingerprint density at radius 3 is 2.67 bits per heavy atom. The van der Waals surface area contributed by atoms with E-state index in [9.17, 15) is 4.39 Å². The first-order valence-electron chi connectivity index (χ1n) is 4.98. The van der Waals surface area contributed by atoms with Crippen molar-refractivity contribution in [2.75, 3.05) is 0 Å². The van der Waals surface area contributed by atoms with E-state index in [-0.39, 0.29) is 17.3 Å². The Balaban J connectivity index is 2.28. The lowest BCUT2D eigenvalue weighted by Gasteiger charge is -2.05. The van der Waals surface area contributed by atoms with Crippen LogP contribution in [0, 0.1) is 17.1 Å². The van der Waals surface area contributed by atoms with Crippen molar-refractivity contribution >= 4 is 15.9 Å². The van der Waals surface area contributed by atoms with Gasteiger partial charge in [-0.2, -0.15) is 5.26 Å². The first kappa shape index (κ1) is 12.5. The molecule has 0 aliphatic carbocycles. The van der Waals surface area contributed by atoms with E-state index in [2.05, 4.69) is 25.9 Å². The molecule has 0 saturated heterocycles. The van der Waals surface area contributed by atoms with Crippen LogP contribution in [0.4, 0.5) is 4.39 Å². The highest BCUT2D eigenvalue weighted by Gasteiger charge is 2.10. The van der Waals surface area contributed by atoms with Crippen molar-refractivity contribution in [3.63, 3.8) is 0 Å². The topological polar surface area (TPSA) is 58.8 Å². The molecule has 0 saturated carbocycles. The van der Waals surface area contributed by atoms with E-state index >= 15 is 0 Å². The highest BCUT2D eigenvalue weighted by molar-refractivity contribution is 9.08. The molecule has 0 aliphatic heterocycles. The van der Waals surface area contributed by atoms with Crippen LogP contribution >= 0.6 is 15.9 Å². The number of hydrogen-bond acceptors (Lipinski definition) is 4. The van der Waals surface area contributed by atoms with Gasteiger partial charge in [-0.25, -0.2) is 14.4 Å². The molecule has 0 N–H and O–H groups in total. The summed E-state index contributed by atoms with van der Waals surface area (Å²) in [5, 5.41) is 9.48. The second-order valence-corrected chi connectivity index (χ2v) is 3.90. The SMILES string of the molecule is N#Cc1c(F)cccc1Oc1ncc(CBr)cn1. The van der Waals surface area contributed by atoms with E-state index in [1.165, 1.54) is 18.2 Å². The zero-order valence-corrected chi connectivity index (χ0v) is 10.7. The molecule has 0 spiro atoms. The predicted molar refractivity (Wildman–Crippen MR) is 65.9 cm³/mol. The molecule has 0 unspecified atom stereocenters. The molecule has 1 aromatic carbocycles. The van der Waals surface area contributed by atoms with Crippen LogP contribution in [-0.4, -0.2) is 9.97 Å². The van der Waals surface area contributed by atoms with Gasteiger partial charge in [-0.15, -0.1) is 0 Å². The maximum Gasteiger partial charge on any atom is 0.321 e. The standard InChI is InChI=1S/C12H7BrFN3O/c13-4-8-6-16-12(17-7-8)18-11-3-1-2-10(14)9(11)5-15/h1-3,6-7H,4H2. The van der Waals surface area contributed by atoms with Gasteiger partial charge in [-0.05, 0) is 17.7 Å². The summed E-state index contributed by atoms with van der Waals surface area (Å²) in [4.78, 5) is 7.91. The van der Waals surface area contributed by atoms with Crippen LogP contribution in [0.3, 0.4) is 0 Å². The van der Waals surface area contributed by atoms with Crippen molar-refractivity contribution in [1.82, 2.24) is 9.97 Å². The molecule has 0 aliphatic rings. The Morgan fingerprint density at radius 1 is 1.33 bits per heavy atom. The van der Waals surface area contributed by atoms with E-state index in [0.29, 0.717) is 5.33 Å². The Labute approximate surface area is 111 Å². The zero-order valence-electron chi connectivity index (χ0n) is 9.10. The summed E-state index contributed by atoms with van der Waals surface area (Å²) in [5.74, 6) is -0.531. The van der Waals surface area contributed by atoms with Crippen molar-refractivity contribution in [2.45, 2.75) is 5.33 Å². The van der Waals surface area contributed by atoms with Crippen molar-refractivity contribution in [1.29, 1.82) is 5.26 Å². The number of alkyl halides is 1. The summed E-state index contributed by atoms with van der Waals surface area (Å²) in [7, 11) is 0. The molecule has 0 atom stereocenters. The summed E-state index contributed by atoms with van der Waals surface area (Å²) < 4.78 is 18.6. The fourth-order valence-electron chi connectivity index (χ4n) is 1.26. The fraction of sp³-hybridized carbons (Fsp3) is 0.0833. The van der Waals surface area contributed by atoms with Gasteiger partial charge in [-0.1, -0.05) is 22.0 Å². The van der Waals surface area contributed by atoms with Gasteiger partial charge >= 0.3 is 6.01 Å². The average molecular weight is 308 g/mol. The lowest BCUT2D eigenvalue weighted by Crippen LogP contribution is -1.96. The molecule has 2 aromatic rings. The summed E-state index contributed by atoms with van der Waals surface area (Å²) in [6.07, 6.45) is 3.17. The van der Waals surface area contributed by atoms with Crippen LogP contribution in [0.2, 0.25) is 0 Å². The average Bonchev–Trinajstić information content (AvgIpc) is 2.40. The van der Waals surface area contributed by atoms with Gasteiger partial charge in [0.15, 0.2) is 5.75 Å². The van der Waals surface area contributed by atoms with Crippen LogP contribution in [-0.2, 0) is 5.33 Å². The molecule has 1 heterocycles. The quantitative estimate of drug-likeness (QED) is 0.817. The molecule has 0 bridgehead atoms. The smallest absolute Gasteiger partial charge is 0.321 e. The molecule has 1 aromatic heterocycles. The molecule has 2 rings (SSSR count). The second-order valence-electron chi connectivity index (χ2n) is 3.33. The van der Waals surface area contributed by atoms with Crippen LogP contribution in [0.25, 0.3) is 0 Å². The third-order valence-electron chi connectivity index (χ3n) is 2.12. The van der Waals surface area contributed by atoms with Crippen molar-refractivity contribution < 1.29 is 9.13 Å². The molecule has 90 valence electrons. The number of ether oxygens (including phenoxy) is 1. The van der Waals surface area contributed by atoms with E-state index < -0.39 is 5.82 Å². The van der Waals surface area contributed by atoms with Crippen molar-refractivity contribution in [3.8, 4) is 17.8 Å². The van der Waals surface area contributed by atoms with Crippen LogP contribution in [0.5, 0.6) is 11.8 Å². The minimum absolute atomic E-state index is 0.0711. The number of rotatable bonds is 3. The van der Waals surface area contributed by atoms with Gasteiger partial charge in [0.05, 0.1) is 0 Å². The molecule has 6 heteroatoms. The molecule has 0 radical (unpaired) electrons. The molecule has 4 nitrogen and oxygen atoms in total. The maximum absolute atomic E-state index is 13.3. The Kier molecular flexibility index (Phi) is 3.85. The third kappa shape index (κ3) is 2.63. The molecule has 18 heavy (non-hydrogen) atoms. The van der Waals surface area contributed by atoms with E-state index in [1.54, 1.807) is 18.5 Å². The molecular formula is C12H7BrFN3O. The lowest BCUT2D eigenvalue weighted by atomic mass is 10.2. The minimum atomic E-state index is -0.632. The highest BCUT2D eigenvalue weighted by Crippen LogP contribution is 2.24. The summed E-state index contributed by atoms with van der Waals surface area (Å²) in [6, 6.07) is 5.96. The van der Waals surface area contributed by atoms with Crippen LogP contribution < -0.4 is 4.74 Å². The summed E-state index contributed by atoms with van der Waals surface area (Å²) in [6.45, 7) is 0. The Hall–Kier alpha value is -2.00. The van der Waals surface area contributed by atoms with Crippen LogP contribution in [0.1, 0.15) is 11.1 Å². The monoisotopic (exact) mass is 307 g/mol. The van der Waals surface area contributed by atoms with Crippen molar-refractivity contribution in [3.05, 3.63) is 47.5 Å². The lowest BCUT2D eigenvalue weighted by molar-refractivity contribution is 0.435. The Morgan fingerprint density at radius 2 is 2.06 bits per heavy atom. The first-order valence-corrected chi connectivity index (χ1v) is 6.10. The third-order valence-corrected chi connectivity index (χ3v) is 2.77. The normalized spacial score (nSPS) is 9.83. The van der Waals surface area contributed by atoms with Gasteiger partial charge in [0.2, 0.25) is 0 Å². The van der Waals surface area contributed by atoms with Gasteiger partial charge in [0.1, 0.15) is 17.4 Å². The second kappa shape index (κ2) is 5.56. The van der Waals surface area contributed by atoms with E-state index in [1.807, 2.05) is 0 Å². The maximum atomic E-state index is 13.3. The molecule has 0 fully saturated rings. The molecule has 0 amide bonds. The fourth-order valence-corrected chi connectivity index (χ4v) is 1.55. The number of benzene rings is 1. The first-order chi connectivity index (χ1) is 8.74. The Bertz CT molecular complexity index is 595. The molecular weight excluding hydrogens is 301 g/mol. The predicted octanol–water partition coefficient (Wildman–Crippen LogP) is 3.17. The number of nitriles is 1. The van der Waals surface area contributed by atoms with Gasteiger partial charge < -0.3 is 4.74 Å². The highest BCUT2D eigenvalue weighted by atomic mass is 79.9. The van der Waals surface area contributed by atoms with Gasteiger partial charge in [0, 0.05) is 17.7 Å². The summed E-state index contributed by atoms with van der Waals surface area (Å²) >= 11 is 3.27. The summed E-state index contributed by atoms with van der Waals surface area (Å²) in [5.41, 5.74) is 0.729. The number of nitrogens with zero attached hydrogens (tertiary/aromatic N) is 3. The number of hydrogen-bond donors (Lipinski definition) is 0. The van der Waals surface area contributed by atoms with Crippen LogP contribution in [0.15, 0.2) is 30.6 Å². The minimum Gasteiger partial charge on any atom is -0.423 e. The largest absolute Gasteiger partial charge is 0.423 e.